The van der Waals surface area contributed by atoms with Crippen LogP contribution in [0.3, 0.4) is 0 Å². The van der Waals surface area contributed by atoms with Crippen LogP contribution in [0.2, 0.25) is 5.02 Å². The fraction of sp³-hybridized carbons (Fsp3) is 0.321. The van der Waals surface area contributed by atoms with Crippen LogP contribution in [0, 0.1) is 11.7 Å². The van der Waals surface area contributed by atoms with Crippen molar-refractivity contribution in [1.82, 2.24) is 15.3 Å². The first kappa shape index (κ1) is 28.3. The van der Waals surface area contributed by atoms with Crippen LogP contribution in [0.15, 0.2) is 48.8 Å². The highest BCUT2D eigenvalue weighted by Crippen LogP contribution is 2.41. The molecule has 12 heteroatoms. The standard InChI is InChI=1S/C28H28ClFN4O4S2/c1-40(36,37)11-10-31-25(35)13-18-4-8-21-24(12-18)39-28-26(21)27(32-16-33-28)34-20-7-9-23(22(29)14-20)38-15-17-2-5-19(30)6-3-17/h2-3,5-7,9,14,16,18H,4,8,10-13,15H2,1H3,(H,31,35)(H,32,33,34). The van der Waals surface area contributed by atoms with Gasteiger partial charge in [0.15, 0.2) is 0 Å². The fourth-order valence-electron chi connectivity index (χ4n) is 4.73. The fourth-order valence-corrected chi connectivity index (χ4v) is 6.74. The van der Waals surface area contributed by atoms with Gasteiger partial charge in [0, 0.05) is 29.8 Å². The van der Waals surface area contributed by atoms with E-state index in [1.54, 1.807) is 35.6 Å². The van der Waals surface area contributed by atoms with Gasteiger partial charge in [0.05, 0.1) is 16.2 Å². The van der Waals surface area contributed by atoms with E-state index in [-0.39, 0.29) is 36.5 Å². The number of nitrogens with one attached hydrogen (secondary N) is 2. The molecule has 0 saturated heterocycles. The number of aryl methyl sites for hydroxylation is 1. The van der Waals surface area contributed by atoms with E-state index in [1.165, 1.54) is 28.9 Å². The molecule has 2 N–H and O–H groups in total. The Balaban J connectivity index is 1.25. The van der Waals surface area contributed by atoms with Gasteiger partial charge in [-0.3, -0.25) is 4.79 Å². The quantitative estimate of drug-likeness (QED) is 0.248. The number of benzene rings is 2. The zero-order valence-electron chi connectivity index (χ0n) is 21.7. The molecule has 0 fully saturated rings. The molecule has 1 aliphatic carbocycles. The number of rotatable bonds is 10. The summed E-state index contributed by atoms with van der Waals surface area (Å²) in [6.45, 7) is 0.401. The highest BCUT2D eigenvalue weighted by atomic mass is 35.5. The van der Waals surface area contributed by atoms with Gasteiger partial charge in [-0.2, -0.15) is 0 Å². The highest BCUT2D eigenvalue weighted by molar-refractivity contribution is 7.90. The van der Waals surface area contributed by atoms with Crippen molar-refractivity contribution >= 4 is 60.4 Å². The average molecular weight is 603 g/mol. The zero-order valence-corrected chi connectivity index (χ0v) is 24.1. The summed E-state index contributed by atoms with van der Waals surface area (Å²) >= 11 is 8.11. The number of carbonyl (C=O) groups is 1. The van der Waals surface area contributed by atoms with Crippen LogP contribution >= 0.6 is 22.9 Å². The van der Waals surface area contributed by atoms with Crippen LogP contribution in [0.5, 0.6) is 5.75 Å². The maximum absolute atomic E-state index is 13.1. The monoisotopic (exact) mass is 602 g/mol. The molecule has 2 aromatic heterocycles. The summed E-state index contributed by atoms with van der Waals surface area (Å²) in [5, 5.41) is 7.50. The molecule has 2 heterocycles. The third kappa shape index (κ3) is 7.07. The normalized spacial score (nSPS) is 15.0. The van der Waals surface area contributed by atoms with Crippen LogP contribution in [0.25, 0.3) is 10.2 Å². The van der Waals surface area contributed by atoms with Gasteiger partial charge in [0.25, 0.3) is 0 Å². The number of anilines is 2. The molecule has 1 aliphatic rings. The Morgan fingerprint density at radius 1 is 1.20 bits per heavy atom. The number of carbonyl (C=O) groups excluding carboxylic acids is 1. The van der Waals surface area contributed by atoms with E-state index in [0.717, 1.165) is 47.0 Å². The number of fused-ring (bicyclic) bond motifs is 3. The molecular weight excluding hydrogens is 575 g/mol. The molecule has 4 aromatic rings. The predicted molar refractivity (Wildman–Crippen MR) is 156 cm³/mol. The van der Waals surface area contributed by atoms with Crippen LogP contribution < -0.4 is 15.4 Å². The first-order chi connectivity index (χ1) is 19.1. The van der Waals surface area contributed by atoms with Gasteiger partial charge >= 0.3 is 0 Å². The molecule has 0 radical (unpaired) electrons. The number of sulfone groups is 1. The number of thiophene rings is 1. The Morgan fingerprint density at radius 2 is 2.00 bits per heavy atom. The Bertz CT molecular complexity index is 1640. The molecule has 40 heavy (non-hydrogen) atoms. The summed E-state index contributed by atoms with van der Waals surface area (Å²) < 4.78 is 41.5. The van der Waals surface area contributed by atoms with E-state index in [0.29, 0.717) is 23.0 Å². The second-order valence-corrected chi connectivity index (χ2v) is 13.6. The van der Waals surface area contributed by atoms with E-state index < -0.39 is 9.84 Å². The lowest BCUT2D eigenvalue weighted by Crippen LogP contribution is -2.31. The Morgan fingerprint density at radius 3 is 2.75 bits per heavy atom. The maximum atomic E-state index is 13.1. The van der Waals surface area contributed by atoms with Crippen LogP contribution in [0.4, 0.5) is 15.9 Å². The Kier molecular flexibility index (Phi) is 8.53. The molecule has 0 bridgehead atoms. The van der Waals surface area contributed by atoms with E-state index >= 15 is 0 Å². The van der Waals surface area contributed by atoms with Gasteiger partial charge in [0.1, 0.15) is 45.0 Å². The molecule has 1 atom stereocenters. The van der Waals surface area contributed by atoms with E-state index in [2.05, 4.69) is 20.6 Å². The molecule has 210 valence electrons. The van der Waals surface area contributed by atoms with Crippen molar-refractivity contribution in [3.05, 3.63) is 75.6 Å². The van der Waals surface area contributed by atoms with Crippen molar-refractivity contribution in [2.75, 3.05) is 23.9 Å². The molecule has 8 nitrogen and oxygen atoms in total. The summed E-state index contributed by atoms with van der Waals surface area (Å²) in [6, 6.07) is 11.5. The summed E-state index contributed by atoms with van der Waals surface area (Å²) in [5.41, 5.74) is 2.78. The first-order valence-electron chi connectivity index (χ1n) is 12.8. The minimum atomic E-state index is -3.11. The maximum Gasteiger partial charge on any atom is 0.220 e. The lowest BCUT2D eigenvalue weighted by atomic mass is 9.85. The lowest BCUT2D eigenvalue weighted by molar-refractivity contribution is -0.121. The van der Waals surface area contributed by atoms with E-state index in [4.69, 9.17) is 16.3 Å². The topological polar surface area (TPSA) is 110 Å². The largest absolute Gasteiger partial charge is 0.487 e. The third-order valence-corrected chi connectivity index (χ3v) is 9.12. The average Bonchev–Trinajstić information content (AvgIpc) is 3.27. The summed E-state index contributed by atoms with van der Waals surface area (Å²) in [7, 11) is -3.11. The minimum Gasteiger partial charge on any atom is -0.487 e. The van der Waals surface area contributed by atoms with Crippen molar-refractivity contribution in [2.24, 2.45) is 5.92 Å². The molecule has 0 saturated carbocycles. The van der Waals surface area contributed by atoms with E-state index in [1.807, 2.05) is 6.07 Å². The van der Waals surface area contributed by atoms with Crippen LogP contribution in [-0.4, -0.2) is 42.8 Å². The van der Waals surface area contributed by atoms with Crippen molar-refractivity contribution in [2.45, 2.75) is 32.3 Å². The molecule has 5 rings (SSSR count). The molecule has 1 unspecified atom stereocenters. The summed E-state index contributed by atoms with van der Waals surface area (Å²) in [5.74, 6) is 0.912. The summed E-state index contributed by atoms with van der Waals surface area (Å²) in [6.07, 6.45) is 5.46. The molecule has 0 spiro atoms. The first-order valence-corrected chi connectivity index (χ1v) is 16.0. The second kappa shape index (κ2) is 12.1. The van der Waals surface area contributed by atoms with Gasteiger partial charge in [-0.1, -0.05) is 23.7 Å². The Hall–Kier alpha value is -3.28. The number of hydrogen-bond acceptors (Lipinski definition) is 8. The third-order valence-electron chi connectivity index (χ3n) is 6.72. The van der Waals surface area contributed by atoms with Gasteiger partial charge in [-0.25, -0.2) is 22.8 Å². The smallest absolute Gasteiger partial charge is 0.220 e. The van der Waals surface area contributed by atoms with Gasteiger partial charge in [0.2, 0.25) is 5.91 Å². The number of ether oxygens (including phenoxy) is 1. The predicted octanol–water partition coefficient (Wildman–Crippen LogP) is 5.46. The van der Waals surface area contributed by atoms with Crippen molar-refractivity contribution in [3.8, 4) is 5.75 Å². The van der Waals surface area contributed by atoms with Crippen molar-refractivity contribution < 1.29 is 22.3 Å². The SMILES string of the molecule is CS(=O)(=O)CCNC(=O)CC1CCc2c(sc3ncnc(Nc4ccc(OCc5ccc(F)cc5)c(Cl)c4)c23)C1. The molecule has 0 aliphatic heterocycles. The van der Waals surface area contributed by atoms with E-state index in [9.17, 15) is 17.6 Å². The second-order valence-electron chi connectivity index (χ2n) is 9.88. The zero-order chi connectivity index (χ0) is 28.3. The number of aromatic nitrogens is 2. The molecule has 2 aromatic carbocycles. The minimum absolute atomic E-state index is 0.0602. The summed E-state index contributed by atoms with van der Waals surface area (Å²) in [4.78, 5) is 23.4. The highest BCUT2D eigenvalue weighted by Gasteiger charge is 2.26. The molecule has 1 amide bonds. The molecular formula is C28H28ClFN4O4S2. The number of nitrogens with zero attached hydrogens (tertiary/aromatic N) is 2. The number of halogens is 2. The van der Waals surface area contributed by atoms with Crippen molar-refractivity contribution in [1.29, 1.82) is 0 Å². The van der Waals surface area contributed by atoms with Crippen LogP contribution in [-0.2, 0) is 34.1 Å². The van der Waals surface area contributed by atoms with Gasteiger partial charge in [-0.05, 0) is 66.6 Å². The Labute approximate surface area is 240 Å². The van der Waals surface area contributed by atoms with Crippen molar-refractivity contribution in [3.63, 3.8) is 0 Å². The van der Waals surface area contributed by atoms with Gasteiger partial charge in [-0.15, -0.1) is 11.3 Å². The number of hydrogen-bond donors (Lipinski definition) is 2. The van der Waals surface area contributed by atoms with Gasteiger partial charge < -0.3 is 15.4 Å². The van der Waals surface area contributed by atoms with Crippen LogP contribution in [0.1, 0.15) is 28.8 Å². The lowest BCUT2D eigenvalue weighted by Gasteiger charge is -2.22. The number of amides is 1.